The first-order valence-electron chi connectivity index (χ1n) is 9.46. The molecular weight excluding hydrogens is 364 g/mol. The highest BCUT2D eigenvalue weighted by Gasteiger charge is 2.29. The van der Waals surface area contributed by atoms with E-state index in [4.69, 9.17) is 16.3 Å². The zero-order valence-electron chi connectivity index (χ0n) is 16.2. The van der Waals surface area contributed by atoms with Crippen molar-refractivity contribution in [2.75, 3.05) is 19.7 Å². The smallest absolute Gasteiger partial charge is 0.129 e. The van der Waals surface area contributed by atoms with Gasteiger partial charge in [-0.2, -0.15) is 0 Å². The number of ether oxygens (including phenoxy) is 1. The van der Waals surface area contributed by atoms with Gasteiger partial charge < -0.3 is 4.74 Å². The van der Waals surface area contributed by atoms with Gasteiger partial charge in [0, 0.05) is 29.2 Å². The molecular formula is C21H29ClN2OS. The Morgan fingerprint density at radius 3 is 2.88 bits per heavy atom. The average molecular weight is 393 g/mol. The fraction of sp³-hybridized carbons (Fsp3) is 0.571. The highest BCUT2D eigenvalue weighted by Crippen LogP contribution is 2.37. The molecule has 1 fully saturated rings. The van der Waals surface area contributed by atoms with E-state index in [9.17, 15) is 0 Å². The van der Waals surface area contributed by atoms with Gasteiger partial charge in [0.25, 0.3) is 0 Å². The van der Waals surface area contributed by atoms with Crippen LogP contribution in [0.5, 0.6) is 5.75 Å². The molecule has 0 spiro atoms. The second kappa shape index (κ2) is 8.28. The van der Waals surface area contributed by atoms with Gasteiger partial charge in [0.2, 0.25) is 0 Å². The number of piperidine rings is 1. The van der Waals surface area contributed by atoms with Gasteiger partial charge >= 0.3 is 0 Å². The van der Waals surface area contributed by atoms with Crippen molar-refractivity contribution in [1.29, 1.82) is 0 Å². The summed E-state index contributed by atoms with van der Waals surface area (Å²) in [7, 11) is 0. The number of halogens is 1. The molecule has 0 amide bonds. The molecule has 0 unspecified atom stereocenters. The minimum atomic E-state index is 0.380. The fourth-order valence-electron chi connectivity index (χ4n) is 3.58. The summed E-state index contributed by atoms with van der Waals surface area (Å²) in [5, 5.41) is 1.69. The summed E-state index contributed by atoms with van der Waals surface area (Å²) in [6.45, 7) is 13.1. The molecule has 1 atom stereocenters. The number of likely N-dealkylation sites (tertiary alicyclic amines) is 1. The zero-order chi connectivity index (χ0) is 18.7. The first-order valence-corrected chi connectivity index (χ1v) is 10.7. The van der Waals surface area contributed by atoms with E-state index in [1.807, 2.05) is 31.3 Å². The Bertz CT molecular complexity index is 738. The van der Waals surface area contributed by atoms with E-state index in [0.717, 1.165) is 28.8 Å². The summed E-state index contributed by atoms with van der Waals surface area (Å²) in [6, 6.07) is 5.75. The molecule has 0 radical (unpaired) electrons. The van der Waals surface area contributed by atoms with E-state index in [2.05, 4.69) is 30.7 Å². The Labute approximate surface area is 166 Å². The first kappa shape index (κ1) is 19.7. The monoisotopic (exact) mass is 392 g/mol. The maximum Gasteiger partial charge on any atom is 0.129 e. The van der Waals surface area contributed by atoms with Crippen LogP contribution in [0.3, 0.4) is 0 Å². The molecule has 0 saturated carbocycles. The average Bonchev–Trinajstić information content (AvgIpc) is 3.04. The van der Waals surface area contributed by atoms with Crippen LogP contribution in [0.2, 0.25) is 5.02 Å². The van der Waals surface area contributed by atoms with E-state index >= 15 is 0 Å². The number of hydrogen-bond donors (Lipinski definition) is 0. The van der Waals surface area contributed by atoms with E-state index in [0.29, 0.717) is 17.0 Å². The van der Waals surface area contributed by atoms with Crippen molar-refractivity contribution in [3.63, 3.8) is 0 Å². The Hall–Kier alpha value is -1.10. The van der Waals surface area contributed by atoms with Crippen LogP contribution in [-0.4, -0.2) is 29.6 Å². The van der Waals surface area contributed by atoms with Crippen molar-refractivity contribution < 1.29 is 4.74 Å². The summed E-state index contributed by atoms with van der Waals surface area (Å²) in [5.41, 5.74) is 1.37. The van der Waals surface area contributed by atoms with E-state index in [-0.39, 0.29) is 0 Å². The fourth-order valence-corrected chi connectivity index (χ4v) is 4.73. The number of hydrogen-bond acceptors (Lipinski definition) is 4. The first-order chi connectivity index (χ1) is 12.4. The van der Waals surface area contributed by atoms with Crippen molar-refractivity contribution in [2.24, 2.45) is 11.3 Å². The van der Waals surface area contributed by atoms with Crippen molar-refractivity contribution in [3.05, 3.63) is 34.3 Å². The molecule has 1 aromatic heterocycles. The van der Waals surface area contributed by atoms with Crippen LogP contribution in [0.4, 0.5) is 0 Å². The Balaban J connectivity index is 1.74. The molecule has 0 aliphatic carbocycles. The van der Waals surface area contributed by atoms with Crippen LogP contribution in [0.15, 0.2) is 24.4 Å². The van der Waals surface area contributed by atoms with Crippen molar-refractivity contribution in [2.45, 2.75) is 47.1 Å². The second-order valence-electron chi connectivity index (χ2n) is 8.15. The lowest BCUT2D eigenvalue weighted by Gasteiger charge is -2.39. The SMILES string of the molecule is CCOc1ccc(Cl)cc1-c1ncc(CN2CCC[C@@H](C(C)(C)C)C2)s1. The third kappa shape index (κ3) is 4.79. The number of aromatic nitrogens is 1. The van der Waals surface area contributed by atoms with Gasteiger partial charge in [-0.3, -0.25) is 4.90 Å². The van der Waals surface area contributed by atoms with E-state index in [1.165, 1.54) is 30.8 Å². The van der Waals surface area contributed by atoms with Crippen LogP contribution in [0.25, 0.3) is 10.6 Å². The van der Waals surface area contributed by atoms with Gasteiger partial charge in [-0.05, 0) is 55.8 Å². The van der Waals surface area contributed by atoms with Crippen molar-refractivity contribution in [1.82, 2.24) is 9.88 Å². The second-order valence-corrected chi connectivity index (χ2v) is 9.70. The minimum Gasteiger partial charge on any atom is -0.493 e. The molecule has 2 aromatic rings. The quantitative estimate of drug-likeness (QED) is 0.612. The largest absolute Gasteiger partial charge is 0.493 e. The van der Waals surface area contributed by atoms with Crippen LogP contribution < -0.4 is 4.74 Å². The summed E-state index contributed by atoms with van der Waals surface area (Å²) < 4.78 is 5.75. The summed E-state index contributed by atoms with van der Waals surface area (Å²) >= 11 is 7.95. The lowest BCUT2D eigenvalue weighted by molar-refractivity contribution is 0.0950. The molecule has 0 N–H and O–H groups in total. The normalized spacial score (nSPS) is 18.9. The lowest BCUT2D eigenvalue weighted by atomic mass is 9.76. The third-order valence-electron chi connectivity index (χ3n) is 5.14. The predicted molar refractivity (Wildman–Crippen MR) is 111 cm³/mol. The van der Waals surface area contributed by atoms with Crippen LogP contribution in [0.1, 0.15) is 45.4 Å². The molecule has 3 nitrogen and oxygen atoms in total. The van der Waals surface area contributed by atoms with E-state index < -0.39 is 0 Å². The predicted octanol–water partition coefficient (Wildman–Crippen LogP) is 6.12. The standard InChI is InChI=1S/C21H29ClN2OS/c1-5-25-19-9-8-16(22)11-18(19)20-23-12-17(26-20)14-24-10-6-7-15(13-24)21(2,3)4/h8-9,11-12,15H,5-7,10,13-14H2,1-4H3/t15-/m1/s1. The Morgan fingerprint density at radius 2 is 2.15 bits per heavy atom. The van der Waals surface area contributed by atoms with Gasteiger partial charge in [0.1, 0.15) is 10.8 Å². The molecule has 1 saturated heterocycles. The van der Waals surface area contributed by atoms with Crippen LogP contribution in [0, 0.1) is 11.3 Å². The molecule has 1 aliphatic rings. The maximum absolute atomic E-state index is 6.20. The van der Waals surface area contributed by atoms with Gasteiger partial charge in [-0.25, -0.2) is 4.98 Å². The molecule has 5 heteroatoms. The van der Waals surface area contributed by atoms with Gasteiger partial charge in [0.05, 0.1) is 12.2 Å². The topological polar surface area (TPSA) is 25.4 Å². The van der Waals surface area contributed by atoms with Crippen LogP contribution in [-0.2, 0) is 6.54 Å². The highest BCUT2D eigenvalue weighted by molar-refractivity contribution is 7.15. The van der Waals surface area contributed by atoms with Gasteiger partial charge in [0.15, 0.2) is 0 Å². The number of thiazole rings is 1. The van der Waals surface area contributed by atoms with Crippen molar-refractivity contribution in [3.8, 4) is 16.3 Å². The molecule has 0 bridgehead atoms. The minimum absolute atomic E-state index is 0.380. The summed E-state index contributed by atoms with van der Waals surface area (Å²) in [4.78, 5) is 8.54. The molecule has 142 valence electrons. The van der Waals surface area contributed by atoms with Gasteiger partial charge in [-0.15, -0.1) is 11.3 Å². The molecule has 1 aromatic carbocycles. The number of nitrogens with zero attached hydrogens (tertiary/aromatic N) is 2. The van der Waals surface area contributed by atoms with Crippen LogP contribution >= 0.6 is 22.9 Å². The zero-order valence-corrected chi connectivity index (χ0v) is 17.8. The third-order valence-corrected chi connectivity index (χ3v) is 6.39. The highest BCUT2D eigenvalue weighted by atomic mass is 35.5. The number of rotatable bonds is 5. The molecule has 26 heavy (non-hydrogen) atoms. The summed E-state index contributed by atoms with van der Waals surface area (Å²) in [6.07, 6.45) is 4.64. The lowest BCUT2D eigenvalue weighted by Crippen LogP contribution is -2.39. The van der Waals surface area contributed by atoms with E-state index in [1.54, 1.807) is 11.3 Å². The number of benzene rings is 1. The molecule has 3 rings (SSSR count). The van der Waals surface area contributed by atoms with Gasteiger partial charge in [-0.1, -0.05) is 32.4 Å². The van der Waals surface area contributed by atoms with Crippen molar-refractivity contribution >= 4 is 22.9 Å². The molecule has 2 heterocycles. The summed E-state index contributed by atoms with van der Waals surface area (Å²) in [5.74, 6) is 1.62. The molecule has 1 aliphatic heterocycles. The Morgan fingerprint density at radius 1 is 1.35 bits per heavy atom. The Kier molecular flexibility index (Phi) is 6.26. The maximum atomic E-state index is 6.20.